The number of carboxylic acid groups (broad SMARTS) is 1. The molecule has 1 aromatic rings. The average Bonchev–Trinajstić information content (AvgIpc) is 2.83. The van der Waals surface area contributed by atoms with Gasteiger partial charge in [0.25, 0.3) is 5.91 Å². The predicted molar refractivity (Wildman–Crippen MR) is 129 cm³/mol. The SMILES string of the molecule is CCC(C)(C)OC(=O)NC(C(=O)N[C@@H]1C(=O)N2C(C(=O)O)=C(COC(C)=O)CS[C@H]12)c1ccccc1. The van der Waals surface area contributed by atoms with E-state index in [9.17, 15) is 29.1 Å². The number of carbonyl (C=O) groups is 5. The number of aliphatic carboxylic acids is 1. The van der Waals surface area contributed by atoms with Crippen LogP contribution in [0.3, 0.4) is 0 Å². The van der Waals surface area contributed by atoms with E-state index in [0.717, 1.165) is 4.90 Å². The first-order valence-electron chi connectivity index (χ1n) is 11.3. The largest absolute Gasteiger partial charge is 0.477 e. The highest BCUT2D eigenvalue weighted by Gasteiger charge is 2.54. The van der Waals surface area contributed by atoms with Crippen LogP contribution in [0.1, 0.15) is 45.7 Å². The fourth-order valence-electron chi connectivity index (χ4n) is 3.64. The van der Waals surface area contributed by atoms with Gasteiger partial charge in [-0.15, -0.1) is 11.8 Å². The molecule has 1 unspecified atom stereocenters. The van der Waals surface area contributed by atoms with E-state index in [0.29, 0.717) is 17.6 Å². The summed E-state index contributed by atoms with van der Waals surface area (Å²) >= 11 is 1.25. The van der Waals surface area contributed by atoms with Crippen LogP contribution in [0.4, 0.5) is 4.79 Å². The van der Waals surface area contributed by atoms with Crippen molar-refractivity contribution in [1.29, 1.82) is 0 Å². The van der Waals surface area contributed by atoms with Crippen molar-refractivity contribution in [3.8, 4) is 0 Å². The molecule has 1 fully saturated rings. The van der Waals surface area contributed by atoms with Crippen LogP contribution in [0, 0.1) is 0 Å². The van der Waals surface area contributed by atoms with Crippen LogP contribution in [0.15, 0.2) is 41.6 Å². The highest BCUT2D eigenvalue weighted by atomic mass is 32.2. The zero-order valence-electron chi connectivity index (χ0n) is 20.4. The van der Waals surface area contributed by atoms with Crippen LogP contribution in [-0.2, 0) is 28.7 Å². The summed E-state index contributed by atoms with van der Waals surface area (Å²) < 4.78 is 10.3. The topological polar surface area (TPSA) is 151 Å². The lowest BCUT2D eigenvalue weighted by Gasteiger charge is -2.49. The number of β-lactam (4-membered cyclic amide) rings is 1. The van der Waals surface area contributed by atoms with Gasteiger partial charge in [-0.3, -0.25) is 19.3 Å². The predicted octanol–water partition coefficient (Wildman–Crippen LogP) is 1.94. The maximum absolute atomic E-state index is 13.2. The van der Waals surface area contributed by atoms with Gasteiger partial charge in [0.05, 0.1) is 0 Å². The molecule has 11 nitrogen and oxygen atoms in total. The second kappa shape index (κ2) is 11.0. The van der Waals surface area contributed by atoms with E-state index in [4.69, 9.17) is 9.47 Å². The Morgan fingerprint density at radius 2 is 1.89 bits per heavy atom. The monoisotopic (exact) mass is 519 g/mol. The van der Waals surface area contributed by atoms with Crippen molar-refractivity contribution in [1.82, 2.24) is 15.5 Å². The molecule has 0 spiro atoms. The molecule has 1 aromatic carbocycles. The van der Waals surface area contributed by atoms with E-state index in [1.165, 1.54) is 18.7 Å². The van der Waals surface area contributed by atoms with Gasteiger partial charge >= 0.3 is 18.0 Å². The van der Waals surface area contributed by atoms with Crippen molar-refractivity contribution in [2.75, 3.05) is 12.4 Å². The Labute approximate surface area is 212 Å². The number of hydrogen-bond donors (Lipinski definition) is 3. The van der Waals surface area contributed by atoms with Gasteiger partial charge in [0, 0.05) is 18.2 Å². The Morgan fingerprint density at radius 3 is 2.47 bits per heavy atom. The number of esters is 1. The van der Waals surface area contributed by atoms with Crippen molar-refractivity contribution in [2.45, 2.75) is 57.2 Å². The fourth-order valence-corrected chi connectivity index (χ4v) is 4.96. The van der Waals surface area contributed by atoms with Crippen LogP contribution in [0.2, 0.25) is 0 Å². The summed E-state index contributed by atoms with van der Waals surface area (Å²) in [6.07, 6.45) is -0.224. The summed E-state index contributed by atoms with van der Waals surface area (Å²) in [7, 11) is 0. The zero-order chi connectivity index (χ0) is 26.6. The van der Waals surface area contributed by atoms with E-state index in [1.807, 2.05) is 6.92 Å². The molecule has 3 atom stereocenters. The molecule has 194 valence electrons. The molecule has 36 heavy (non-hydrogen) atoms. The van der Waals surface area contributed by atoms with Crippen LogP contribution in [0.25, 0.3) is 0 Å². The maximum atomic E-state index is 13.2. The second-order valence-corrected chi connectivity index (χ2v) is 10.0. The highest BCUT2D eigenvalue weighted by Crippen LogP contribution is 2.40. The normalized spacial score (nSPS) is 20.0. The number of nitrogens with zero attached hydrogens (tertiary/aromatic N) is 1. The molecular formula is C24H29N3O8S. The van der Waals surface area contributed by atoms with Crippen LogP contribution < -0.4 is 10.6 Å². The van der Waals surface area contributed by atoms with Gasteiger partial charge in [0.1, 0.15) is 35.4 Å². The van der Waals surface area contributed by atoms with Crippen LogP contribution in [-0.4, -0.2) is 69.2 Å². The summed E-state index contributed by atoms with van der Waals surface area (Å²) in [5.41, 5.74) is -0.217. The highest BCUT2D eigenvalue weighted by molar-refractivity contribution is 8.00. The third-order valence-corrected chi connectivity index (χ3v) is 7.21. The molecule has 2 heterocycles. The van der Waals surface area contributed by atoms with Crippen LogP contribution >= 0.6 is 11.8 Å². The van der Waals surface area contributed by atoms with Crippen molar-refractivity contribution in [3.05, 3.63) is 47.2 Å². The quantitative estimate of drug-likeness (QED) is 0.328. The Balaban J connectivity index is 1.77. The molecule has 3 rings (SSSR count). The number of rotatable bonds is 9. The van der Waals surface area contributed by atoms with E-state index in [2.05, 4.69) is 10.6 Å². The number of thioether (sulfide) groups is 1. The Hall–Kier alpha value is -3.54. The van der Waals surface area contributed by atoms with E-state index < -0.39 is 52.9 Å². The molecule has 0 saturated carbocycles. The van der Waals surface area contributed by atoms with Gasteiger partial charge in [0.15, 0.2) is 0 Å². The molecule has 2 aliphatic heterocycles. The summed E-state index contributed by atoms with van der Waals surface area (Å²) in [5, 5.41) is 14.2. The lowest BCUT2D eigenvalue weighted by atomic mass is 10.0. The van der Waals surface area contributed by atoms with Crippen molar-refractivity contribution >= 4 is 41.6 Å². The second-order valence-electron chi connectivity index (χ2n) is 8.92. The summed E-state index contributed by atoms with van der Waals surface area (Å²) in [5.74, 6) is -2.95. The first-order chi connectivity index (χ1) is 16.9. The molecule has 0 radical (unpaired) electrons. The Morgan fingerprint density at radius 1 is 1.22 bits per heavy atom. The number of carbonyl (C=O) groups excluding carboxylic acids is 4. The molecule has 0 aromatic heterocycles. The third-order valence-electron chi connectivity index (χ3n) is 5.87. The van der Waals surface area contributed by atoms with Gasteiger partial charge in [-0.1, -0.05) is 37.3 Å². The summed E-state index contributed by atoms with van der Waals surface area (Å²) in [6.45, 7) is 6.32. The molecule has 0 aliphatic carbocycles. The van der Waals surface area contributed by atoms with E-state index in [-0.39, 0.29) is 18.1 Å². The van der Waals surface area contributed by atoms with E-state index >= 15 is 0 Å². The Kier molecular flexibility index (Phi) is 8.28. The minimum Gasteiger partial charge on any atom is -0.477 e. The minimum atomic E-state index is -1.33. The van der Waals surface area contributed by atoms with Gasteiger partial charge < -0.3 is 25.2 Å². The lowest BCUT2D eigenvalue weighted by Crippen LogP contribution is -2.71. The number of hydrogen-bond acceptors (Lipinski definition) is 8. The number of carboxylic acids is 1. The smallest absolute Gasteiger partial charge is 0.408 e. The maximum Gasteiger partial charge on any atom is 0.408 e. The lowest BCUT2D eigenvalue weighted by molar-refractivity contribution is -0.151. The number of nitrogens with one attached hydrogen (secondary N) is 2. The first kappa shape index (κ1) is 27.1. The fraction of sp³-hybridized carbons (Fsp3) is 0.458. The molecule has 3 amide bonds. The molecule has 3 N–H and O–H groups in total. The number of benzene rings is 1. The average molecular weight is 520 g/mol. The number of fused-ring (bicyclic) bond motifs is 1. The first-order valence-corrected chi connectivity index (χ1v) is 12.4. The number of ether oxygens (including phenoxy) is 2. The van der Waals surface area contributed by atoms with Gasteiger partial charge in [0.2, 0.25) is 5.91 Å². The molecule has 1 saturated heterocycles. The molecule has 2 aliphatic rings. The molecular weight excluding hydrogens is 490 g/mol. The Bertz CT molecular complexity index is 1090. The van der Waals surface area contributed by atoms with Crippen LogP contribution in [0.5, 0.6) is 0 Å². The van der Waals surface area contributed by atoms with Gasteiger partial charge in [-0.2, -0.15) is 0 Å². The summed E-state index contributed by atoms with van der Waals surface area (Å²) in [4.78, 5) is 62.8. The van der Waals surface area contributed by atoms with Crippen molar-refractivity contribution in [3.63, 3.8) is 0 Å². The molecule has 12 heteroatoms. The summed E-state index contributed by atoms with van der Waals surface area (Å²) in [6, 6.07) is 6.36. The van der Waals surface area contributed by atoms with Gasteiger partial charge in [-0.05, 0) is 25.8 Å². The minimum absolute atomic E-state index is 0.203. The number of alkyl carbamates (subject to hydrolysis) is 1. The van der Waals surface area contributed by atoms with E-state index in [1.54, 1.807) is 44.2 Å². The van der Waals surface area contributed by atoms with Crippen molar-refractivity contribution in [2.24, 2.45) is 0 Å². The van der Waals surface area contributed by atoms with Crippen molar-refractivity contribution < 1.29 is 38.6 Å². The van der Waals surface area contributed by atoms with Gasteiger partial charge in [-0.25, -0.2) is 9.59 Å². The molecule has 0 bridgehead atoms. The standard InChI is InChI=1S/C24H29N3O8S/c1-5-24(3,4)35-23(33)26-16(14-9-7-6-8-10-14)19(29)25-17-20(30)27-18(22(31)32)15(11-34-13(2)28)12-36-21(17)27/h6-10,16-17,21H,5,11-12H2,1-4H3,(H,25,29)(H,26,33)(H,31,32)/t16?,17-,21-/m1/s1. The zero-order valence-corrected chi connectivity index (χ0v) is 21.2. The third kappa shape index (κ3) is 5.99. The number of amides is 3.